The normalized spacial score (nSPS) is 14.4. The lowest BCUT2D eigenvalue weighted by molar-refractivity contribution is -0.130. The summed E-state index contributed by atoms with van der Waals surface area (Å²) in [7, 11) is 0. The van der Waals surface area contributed by atoms with Crippen LogP contribution in [0.15, 0.2) is 90.6 Å². The van der Waals surface area contributed by atoms with Crippen LogP contribution in [0.4, 0.5) is 0 Å². The number of esters is 1. The highest BCUT2D eigenvalue weighted by Crippen LogP contribution is 2.31. The third-order valence-electron chi connectivity index (χ3n) is 5.46. The van der Waals surface area contributed by atoms with Gasteiger partial charge in [0.15, 0.2) is 0 Å². The number of benzene rings is 3. The molecular formula is C27H17ClN2O2. The van der Waals surface area contributed by atoms with Crippen LogP contribution < -0.4 is 0 Å². The van der Waals surface area contributed by atoms with E-state index in [1.54, 1.807) is 18.2 Å². The minimum absolute atomic E-state index is 0.387. The molecule has 1 aromatic heterocycles. The molecule has 5 rings (SSSR count). The van der Waals surface area contributed by atoms with Gasteiger partial charge in [0, 0.05) is 39.8 Å². The maximum absolute atomic E-state index is 12.5. The number of rotatable bonds is 4. The van der Waals surface area contributed by atoms with E-state index in [9.17, 15) is 10.1 Å². The van der Waals surface area contributed by atoms with Crippen molar-refractivity contribution in [3.8, 4) is 6.07 Å². The fourth-order valence-electron chi connectivity index (χ4n) is 3.88. The lowest BCUT2D eigenvalue weighted by Gasteiger charge is -2.07. The number of nitriles is 1. The predicted octanol–water partition coefficient (Wildman–Crippen LogP) is 6.20. The van der Waals surface area contributed by atoms with Gasteiger partial charge in [0.25, 0.3) is 0 Å². The number of carbonyl (C=O) groups is 1. The molecule has 0 saturated heterocycles. The number of cyclic esters (lactones) is 1. The quantitative estimate of drug-likeness (QED) is 0.283. The van der Waals surface area contributed by atoms with Crippen molar-refractivity contribution in [2.45, 2.75) is 6.54 Å². The van der Waals surface area contributed by atoms with Gasteiger partial charge in [-0.2, -0.15) is 5.26 Å². The number of hydrogen-bond acceptors (Lipinski definition) is 3. The van der Waals surface area contributed by atoms with Crippen LogP contribution in [0.1, 0.15) is 22.3 Å². The van der Waals surface area contributed by atoms with Gasteiger partial charge in [-0.25, -0.2) is 4.79 Å². The van der Waals surface area contributed by atoms with Gasteiger partial charge in [0.05, 0.1) is 17.2 Å². The zero-order chi connectivity index (χ0) is 22.1. The van der Waals surface area contributed by atoms with E-state index < -0.39 is 0 Å². The molecule has 0 amide bonds. The topological polar surface area (TPSA) is 55.0 Å². The Morgan fingerprint density at radius 3 is 2.56 bits per heavy atom. The molecule has 0 aliphatic carbocycles. The smallest absolute Gasteiger partial charge is 0.343 e. The highest BCUT2D eigenvalue weighted by molar-refractivity contribution is 6.30. The largest absolute Gasteiger partial charge is 0.422 e. The van der Waals surface area contributed by atoms with Crippen molar-refractivity contribution in [2.75, 3.05) is 0 Å². The molecule has 0 atom stereocenters. The second-order valence-electron chi connectivity index (χ2n) is 7.50. The van der Waals surface area contributed by atoms with Crippen LogP contribution in [0, 0.1) is 11.3 Å². The van der Waals surface area contributed by atoms with Crippen molar-refractivity contribution in [1.82, 2.24) is 4.57 Å². The Morgan fingerprint density at radius 2 is 1.75 bits per heavy atom. The van der Waals surface area contributed by atoms with Gasteiger partial charge in [0.2, 0.25) is 0 Å². The molecule has 0 radical (unpaired) electrons. The summed E-state index contributed by atoms with van der Waals surface area (Å²) in [5, 5.41) is 11.1. The second-order valence-corrected chi connectivity index (χ2v) is 7.94. The molecule has 5 heteroatoms. The molecule has 0 spiro atoms. The number of para-hydroxylation sites is 1. The third kappa shape index (κ3) is 3.71. The van der Waals surface area contributed by atoms with Crippen LogP contribution in [0.2, 0.25) is 5.02 Å². The van der Waals surface area contributed by atoms with Crippen molar-refractivity contribution < 1.29 is 9.53 Å². The first kappa shape index (κ1) is 19.9. The Hall–Kier alpha value is -4.07. The average molecular weight is 437 g/mol. The summed E-state index contributed by atoms with van der Waals surface area (Å²) in [5.41, 5.74) is 4.81. The van der Waals surface area contributed by atoms with E-state index in [2.05, 4.69) is 10.6 Å². The van der Waals surface area contributed by atoms with Crippen molar-refractivity contribution in [3.63, 3.8) is 0 Å². The first-order chi connectivity index (χ1) is 15.6. The number of ether oxygens (including phenoxy) is 1. The zero-order valence-corrected chi connectivity index (χ0v) is 17.7. The summed E-state index contributed by atoms with van der Waals surface area (Å²) in [4.78, 5) is 12.5. The van der Waals surface area contributed by atoms with E-state index in [-0.39, 0.29) is 5.97 Å². The molecule has 4 aromatic rings. The predicted molar refractivity (Wildman–Crippen MR) is 126 cm³/mol. The lowest BCUT2D eigenvalue weighted by atomic mass is 10.1. The molecule has 0 bridgehead atoms. The van der Waals surface area contributed by atoms with Crippen LogP contribution in [-0.2, 0) is 16.1 Å². The lowest BCUT2D eigenvalue weighted by Crippen LogP contribution is -2.00. The van der Waals surface area contributed by atoms with Crippen molar-refractivity contribution in [3.05, 3.63) is 118 Å². The van der Waals surface area contributed by atoms with Crippen molar-refractivity contribution >= 4 is 40.3 Å². The van der Waals surface area contributed by atoms with E-state index in [4.69, 9.17) is 16.3 Å². The summed E-state index contributed by atoms with van der Waals surface area (Å²) in [5.74, 6) is 0.117. The molecular weight excluding hydrogens is 420 g/mol. The summed E-state index contributed by atoms with van der Waals surface area (Å²) < 4.78 is 7.58. The van der Waals surface area contributed by atoms with Gasteiger partial charge in [-0.05, 0) is 54.1 Å². The van der Waals surface area contributed by atoms with Crippen LogP contribution in [0.25, 0.3) is 22.7 Å². The van der Waals surface area contributed by atoms with Gasteiger partial charge >= 0.3 is 5.97 Å². The Morgan fingerprint density at radius 1 is 1.00 bits per heavy atom. The monoisotopic (exact) mass is 436 g/mol. The van der Waals surface area contributed by atoms with Gasteiger partial charge in [0.1, 0.15) is 5.76 Å². The first-order valence-electron chi connectivity index (χ1n) is 10.1. The zero-order valence-electron chi connectivity index (χ0n) is 17.0. The first-order valence-corrected chi connectivity index (χ1v) is 10.5. The van der Waals surface area contributed by atoms with Crippen molar-refractivity contribution in [1.29, 1.82) is 5.26 Å². The molecule has 3 aromatic carbocycles. The average Bonchev–Trinajstić information content (AvgIpc) is 3.35. The van der Waals surface area contributed by atoms with E-state index in [0.29, 0.717) is 28.5 Å². The number of aromatic nitrogens is 1. The van der Waals surface area contributed by atoms with Crippen LogP contribution in [0.5, 0.6) is 0 Å². The summed E-state index contributed by atoms with van der Waals surface area (Å²) >= 11 is 5.96. The fourth-order valence-corrected chi connectivity index (χ4v) is 4.01. The van der Waals surface area contributed by atoms with Crippen LogP contribution >= 0.6 is 11.6 Å². The van der Waals surface area contributed by atoms with Gasteiger partial charge in [-0.1, -0.05) is 48.0 Å². The van der Waals surface area contributed by atoms with Gasteiger partial charge in [-0.3, -0.25) is 0 Å². The van der Waals surface area contributed by atoms with Crippen molar-refractivity contribution in [2.24, 2.45) is 0 Å². The highest BCUT2D eigenvalue weighted by atomic mass is 35.5. The third-order valence-corrected chi connectivity index (χ3v) is 5.71. The number of nitrogens with zero attached hydrogens (tertiary/aromatic N) is 2. The molecule has 0 saturated carbocycles. The maximum Gasteiger partial charge on any atom is 0.343 e. The molecule has 1 aliphatic heterocycles. The Labute approximate surface area is 190 Å². The molecule has 0 unspecified atom stereocenters. The molecule has 154 valence electrons. The Kier molecular flexibility index (Phi) is 5.10. The molecule has 32 heavy (non-hydrogen) atoms. The van der Waals surface area contributed by atoms with E-state index >= 15 is 0 Å². The fraction of sp³-hybridized carbons (Fsp3) is 0.0370. The number of halogens is 1. The molecule has 4 nitrogen and oxygen atoms in total. The Bertz CT molecular complexity index is 1450. The van der Waals surface area contributed by atoms with E-state index in [0.717, 1.165) is 27.6 Å². The number of hydrogen-bond donors (Lipinski definition) is 0. The molecule has 2 heterocycles. The highest BCUT2D eigenvalue weighted by Gasteiger charge is 2.22. The maximum atomic E-state index is 12.5. The number of fused-ring (bicyclic) bond motifs is 1. The molecule has 0 N–H and O–H groups in total. The van der Waals surface area contributed by atoms with Gasteiger partial charge < -0.3 is 9.30 Å². The standard InChI is InChI=1S/C27H17ClN2O2/c28-23-11-9-18(10-12-23)26-14-21(27(31)32-26)13-22-17-30(25-8-4-3-7-24(22)25)16-20-6-2-1-5-19(20)15-29/h1-14,17H,16H2. The summed E-state index contributed by atoms with van der Waals surface area (Å²) in [6.45, 7) is 0.559. The summed E-state index contributed by atoms with van der Waals surface area (Å²) in [6, 6.07) is 25.0. The minimum atomic E-state index is -0.387. The van der Waals surface area contributed by atoms with Gasteiger partial charge in [-0.15, -0.1) is 0 Å². The molecule has 1 aliphatic rings. The van der Waals surface area contributed by atoms with Crippen LogP contribution in [-0.4, -0.2) is 10.5 Å². The minimum Gasteiger partial charge on any atom is -0.422 e. The summed E-state index contributed by atoms with van der Waals surface area (Å²) in [6.07, 6.45) is 5.61. The second kappa shape index (κ2) is 8.22. The molecule has 0 fully saturated rings. The SMILES string of the molecule is N#Cc1ccccc1Cn1cc(C=C2C=C(c3ccc(Cl)cc3)OC2=O)c2ccccc21. The Balaban J connectivity index is 1.55. The van der Waals surface area contributed by atoms with Crippen LogP contribution in [0.3, 0.4) is 0 Å². The van der Waals surface area contributed by atoms with E-state index in [1.807, 2.05) is 72.9 Å². The number of carbonyl (C=O) groups excluding carboxylic acids is 1. The van der Waals surface area contributed by atoms with E-state index in [1.165, 1.54) is 0 Å².